The van der Waals surface area contributed by atoms with E-state index in [1.165, 1.54) is 0 Å². The third-order valence-corrected chi connectivity index (χ3v) is 5.67. The van der Waals surface area contributed by atoms with Crippen LogP contribution in [0.4, 0.5) is 0 Å². The lowest BCUT2D eigenvalue weighted by Crippen LogP contribution is -2.31. The molecule has 32 heavy (non-hydrogen) atoms. The maximum Gasteiger partial charge on any atom is 0.268 e. The van der Waals surface area contributed by atoms with E-state index in [9.17, 15) is 9.59 Å². The maximum absolute atomic E-state index is 13.2. The van der Waals surface area contributed by atoms with E-state index in [4.69, 9.17) is 4.74 Å². The normalized spacial score (nSPS) is 14.8. The summed E-state index contributed by atoms with van der Waals surface area (Å²) in [7, 11) is 0. The van der Waals surface area contributed by atoms with Gasteiger partial charge < -0.3 is 19.9 Å². The minimum atomic E-state index is -0.323. The van der Waals surface area contributed by atoms with Crippen LogP contribution in [-0.4, -0.2) is 33.0 Å². The van der Waals surface area contributed by atoms with Crippen molar-refractivity contribution >= 4 is 11.8 Å². The number of nitrogens with one attached hydrogen (secondary N) is 2. The van der Waals surface area contributed by atoms with Crippen LogP contribution >= 0.6 is 0 Å². The summed E-state index contributed by atoms with van der Waals surface area (Å²) in [5.74, 6) is -0.476. The molecule has 3 heterocycles. The van der Waals surface area contributed by atoms with Crippen LogP contribution in [0.25, 0.3) is 0 Å². The summed E-state index contributed by atoms with van der Waals surface area (Å²) in [6.45, 7) is 5.18. The molecule has 166 valence electrons. The average Bonchev–Trinajstić information content (AvgIpc) is 3.23. The van der Waals surface area contributed by atoms with Gasteiger partial charge in [-0.2, -0.15) is 0 Å². The number of ether oxygens (including phenoxy) is 1. The SMILES string of the molecule is CC[C@@H](NC(=O)c1cc(C(=O)NC(C)c2cnccn2)c2n1CCOC2)c1ccccc1. The second-order valence-electron chi connectivity index (χ2n) is 7.76. The van der Waals surface area contributed by atoms with Gasteiger partial charge >= 0.3 is 0 Å². The summed E-state index contributed by atoms with van der Waals surface area (Å²) in [5.41, 5.74) is 3.33. The highest BCUT2D eigenvalue weighted by Crippen LogP contribution is 2.24. The zero-order valence-corrected chi connectivity index (χ0v) is 18.2. The molecule has 0 saturated heterocycles. The van der Waals surface area contributed by atoms with Gasteiger partial charge in [0.1, 0.15) is 5.69 Å². The van der Waals surface area contributed by atoms with Gasteiger partial charge in [-0.3, -0.25) is 19.6 Å². The summed E-state index contributed by atoms with van der Waals surface area (Å²) in [4.78, 5) is 34.6. The standard InChI is InChI=1S/C24H27N5O3/c1-3-19(17-7-5-4-6-8-17)28-24(31)21-13-18(22-15-32-12-11-29(21)22)23(30)27-16(2)20-14-25-9-10-26-20/h4-10,13-14,16,19H,3,11-12,15H2,1-2H3,(H,27,30)(H,28,31)/t16?,19-/m1/s1. The molecular formula is C24H27N5O3. The Bertz CT molecular complexity index is 1080. The second-order valence-corrected chi connectivity index (χ2v) is 7.76. The molecule has 1 unspecified atom stereocenters. The lowest BCUT2D eigenvalue weighted by atomic mass is 10.0. The molecule has 0 bridgehead atoms. The number of benzene rings is 1. The minimum Gasteiger partial charge on any atom is -0.373 e. The molecule has 2 amide bonds. The van der Waals surface area contributed by atoms with Crippen molar-refractivity contribution in [2.24, 2.45) is 0 Å². The van der Waals surface area contributed by atoms with E-state index >= 15 is 0 Å². The lowest BCUT2D eigenvalue weighted by Gasteiger charge is -2.21. The Labute approximate surface area is 187 Å². The summed E-state index contributed by atoms with van der Waals surface area (Å²) in [6.07, 6.45) is 5.56. The van der Waals surface area contributed by atoms with Crippen LogP contribution in [0.3, 0.4) is 0 Å². The average molecular weight is 434 g/mol. The van der Waals surface area contributed by atoms with Crippen LogP contribution in [0.1, 0.15) is 70.1 Å². The van der Waals surface area contributed by atoms with Gasteiger partial charge in [0.15, 0.2) is 0 Å². The van der Waals surface area contributed by atoms with E-state index in [2.05, 4.69) is 20.6 Å². The predicted molar refractivity (Wildman–Crippen MR) is 119 cm³/mol. The summed E-state index contributed by atoms with van der Waals surface area (Å²) < 4.78 is 7.47. The smallest absolute Gasteiger partial charge is 0.268 e. The number of rotatable bonds is 7. The van der Waals surface area contributed by atoms with Gasteiger partial charge in [-0.1, -0.05) is 37.3 Å². The van der Waals surface area contributed by atoms with Gasteiger partial charge in [-0.15, -0.1) is 0 Å². The zero-order chi connectivity index (χ0) is 22.5. The fraction of sp³-hybridized carbons (Fsp3) is 0.333. The molecule has 3 aromatic rings. The molecule has 0 saturated carbocycles. The van der Waals surface area contributed by atoms with Crippen LogP contribution in [0.5, 0.6) is 0 Å². The van der Waals surface area contributed by atoms with Crippen LogP contribution in [0.15, 0.2) is 55.0 Å². The molecule has 0 spiro atoms. The van der Waals surface area contributed by atoms with Crippen molar-refractivity contribution in [1.29, 1.82) is 0 Å². The maximum atomic E-state index is 13.2. The number of carbonyl (C=O) groups is 2. The number of hydrogen-bond donors (Lipinski definition) is 2. The molecule has 8 heteroatoms. The molecule has 0 radical (unpaired) electrons. The first kappa shape index (κ1) is 21.7. The highest BCUT2D eigenvalue weighted by molar-refractivity contribution is 6.01. The highest BCUT2D eigenvalue weighted by atomic mass is 16.5. The van der Waals surface area contributed by atoms with Gasteiger partial charge in [0.05, 0.1) is 48.4 Å². The van der Waals surface area contributed by atoms with Gasteiger partial charge in [-0.05, 0) is 25.0 Å². The Balaban J connectivity index is 1.57. The van der Waals surface area contributed by atoms with E-state index in [0.29, 0.717) is 35.8 Å². The summed E-state index contributed by atoms with van der Waals surface area (Å²) in [5, 5.41) is 6.07. The largest absolute Gasteiger partial charge is 0.373 e. The van der Waals surface area contributed by atoms with Crippen LogP contribution in [-0.2, 0) is 17.9 Å². The fourth-order valence-corrected chi connectivity index (χ4v) is 3.93. The first-order valence-corrected chi connectivity index (χ1v) is 10.8. The van der Waals surface area contributed by atoms with Crippen LogP contribution in [0, 0.1) is 0 Å². The first-order valence-electron chi connectivity index (χ1n) is 10.8. The van der Waals surface area contributed by atoms with Crippen molar-refractivity contribution in [3.63, 3.8) is 0 Å². The molecule has 2 atom stereocenters. The van der Waals surface area contributed by atoms with E-state index in [1.807, 2.05) is 48.7 Å². The molecule has 2 N–H and O–H groups in total. The second kappa shape index (κ2) is 9.74. The topological polar surface area (TPSA) is 98.1 Å². The molecule has 1 aliphatic heterocycles. The Morgan fingerprint density at radius 1 is 1.16 bits per heavy atom. The number of amides is 2. The van der Waals surface area contributed by atoms with Crippen molar-refractivity contribution in [2.75, 3.05) is 6.61 Å². The molecule has 4 rings (SSSR count). The Morgan fingerprint density at radius 3 is 2.69 bits per heavy atom. The molecule has 1 aromatic carbocycles. The van der Waals surface area contributed by atoms with E-state index in [-0.39, 0.29) is 30.5 Å². The van der Waals surface area contributed by atoms with Gasteiger partial charge in [0.25, 0.3) is 11.8 Å². The molecule has 0 aliphatic carbocycles. The third kappa shape index (κ3) is 4.55. The van der Waals surface area contributed by atoms with E-state index < -0.39 is 0 Å². The van der Waals surface area contributed by atoms with Crippen molar-refractivity contribution in [1.82, 2.24) is 25.2 Å². The number of carbonyl (C=O) groups excluding carboxylic acids is 2. The minimum absolute atomic E-state index is 0.108. The zero-order valence-electron chi connectivity index (χ0n) is 18.2. The van der Waals surface area contributed by atoms with E-state index in [0.717, 1.165) is 12.0 Å². The molecule has 2 aromatic heterocycles. The number of fused-ring (bicyclic) bond motifs is 1. The fourth-order valence-electron chi connectivity index (χ4n) is 3.93. The summed E-state index contributed by atoms with van der Waals surface area (Å²) >= 11 is 0. The Kier molecular flexibility index (Phi) is 6.61. The van der Waals surface area contributed by atoms with Crippen LogP contribution in [0.2, 0.25) is 0 Å². The van der Waals surface area contributed by atoms with Crippen LogP contribution < -0.4 is 10.6 Å². The first-order chi connectivity index (χ1) is 15.6. The van der Waals surface area contributed by atoms with E-state index in [1.54, 1.807) is 24.7 Å². The van der Waals surface area contributed by atoms with Crippen molar-refractivity contribution < 1.29 is 14.3 Å². The number of nitrogens with zero attached hydrogens (tertiary/aromatic N) is 3. The number of hydrogen-bond acceptors (Lipinski definition) is 5. The molecule has 8 nitrogen and oxygen atoms in total. The molecule has 0 fully saturated rings. The lowest BCUT2D eigenvalue weighted by molar-refractivity contribution is 0.0774. The molecular weight excluding hydrogens is 406 g/mol. The monoisotopic (exact) mass is 433 g/mol. The van der Waals surface area contributed by atoms with Crippen molar-refractivity contribution in [2.45, 2.75) is 45.5 Å². The predicted octanol–water partition coefficient (Wildman–Crippen LogP) is 3.18. The summed E-state index contributed by atoms with van der Waals surface area (Å²) in [6, 6.07) is 11.1. The third-order valence-electron chi connectivity index (χ3n) is 5.67. The van der Waals surface area contributed by atoms with Crippen molar-refractivity contribution in [3.05, 3.63) is 83.2 Å². The van der Waals surface area contributed by atoms with Gasteiger partial charge in [0, 0.05) is 18.9 Å². The Morgan fingerprint density at radius 2 is 1.97 bits per heavy atom. The van der Waals surface area contributed by atoms with Crippen molar-refractivity contribution in [3.8, 4) is 0 Å². The number of aromatic nitrogens is 3. The van der Waals surface area contributed by atoms with Gasteiger partial charge in [-0.25, -0.2) is 0 Å². The van der Waals surface area contributed by atoms with Gasteiger partial charge in [0.2, 0.25) is 0 Å². The molecule has 1 aliphatic rings. The highest BCUT2D eigenvalue weighted by Gasteiger charge is 2.27. The Hall–Kier alpha value is -3.52. The quantitative estimate of drug-likeness (QED) is 0.596.